The molecule has 2 aromatic carbocycles. The summed E-state index contributed by atoms with van der Waals surface area (Å²) in [6.07, 6.45) is 4.09. The van der Waals surface area contributed by atoms with Crippen molar-refractivity contribution in [1.29, 1.82) is 0 Å². The van der Waals surface area contributed by atoms with Crippen molar-refractivity contribution < 1.29 is 4.74 Å². The van der Waals surface area contributed by atoms with E-state index in [1.54, 1.807) is 0 Å². The number of aryl methyl sites for hydroxylation is 1. The van der Waals surface area contributed by atoms with E-state index < -0.39 is 0 Å². The van der Waals surface area contributed by atoms with Crippen LogP contribution in [0.3, 0.4) is 0 Å². The maximum absolute atomic E-state index is 5.62. The van der Waals surface area contributed by atoms with E-state index in [0.29, 0.717) is 6.61 Å². The number of ether oxygens (including phenoxy) is 1. The fourth-order valence-corrected chi connectivity index (χ4v) is 1.60. The van der Waals surface area contributed by atoms with Crippen molar-refractivity contribution in [3.05, 3.63) is 71.8 Å². The van der Waals surface area contributed by atoms with E-state index in [1.807, 2.05) is 42.5 Å². The van der Waals surface area contributed by atoms with Crippen LogP contribution in [-0.4, -0.2) is 6.61 Å². The van der Waals surface area contributed by atoms with Gasteiger partial charge in [0.2, 0.25) is 0 Å². The molecule has 0 spiro atoms. The van der Waals surface area contributed by atoms with Crippen molar-refractivity contribution in [2.45, 2.75) is 6.92 Å². The van der Waals surface area contributed by atoms with Gasteiger partial charge in [-0.2, -0.15) is 0 Å². The number of hydrogen-bond donors (Lipinski definition) is 0. The van der Waals surface area contributed by atoms with Gasteiger partial charge in [-0.25, -0.2) is 0 Å². The van der Waals surface area contributed by atoms with E-state index in [1.165, 1.54) is 11.1 Å². The summed E-state index contributed by atoms with van der Waals surface area (Å²) in [4.78, 5) is 0. The quantitative estimate of drug-likeness (QED) is 0.760. The summed E-state index contributed by atoms with van der Waals surface area (Å²) in [7, 11) is 0. The molecule has 0 aliphatic heterocycles. The fraction of sp³-hybridized carbons (Fsp3) is 0.125. The second-order valence-electron chi connectivity index (χ2n) is 3.94. The molecular formula is C16H16O. The van der Waals surface area contributed by atoms with Gasteiger partial charge in [-0.15, -0.1) is 0 Å². The molecule has 1 nitrogen and oxygen atoms in total. The van der Waals surface area contributed by atoms with E-state index in [-0.39, 0.29) is 0 Å². The van der Waals surface area contributed by atoms with Crippen LogP contribution in [-0.2, 0) is 0 Å². The zero-order valence-electron chi connectivity index (χ0n) is 9.97. The molecule has 2 rings (SSSR count). The second kappa shape index (κ2) is 5.90. The third kappa shape index (κ3) is 3.80. The van der Waals surface area contributed by atoms with Crippen molar-refractivity contribution in [2.75, 3.05) is 6.61 Å². The standard InChI is InChI=1S/C16H16O/c1-14-7-5-11-16(13-14)17-12-6-10-15-8-3-2-4-9-15/h2-11,13H,12H2,1H3/b10-6+. The Labute approximate surface area is 102 Å². The van der Waals surface area contributed by atoms with E-state index in [9.17, 15) is 0 Å². The van der Waals surface area contributed by atoms with Crippen molar-refractivity contribution in [3.63, 3.8) is 0 Å². The molecule has 86 valence electrons. The Kier molecular flexibility index (Phi) is 3.98. The summed E-state index contributed by atoms with van der Waals surface area (Å²) in [5, 5.41) is 0. The Morgan fingerprint density at radius 3 is 2.59 bits per heavy atom. The first-order chi connectivity index (χ1) is 8.34. The predicted molar refractivity (Wildman–Crippen MR) is 72.2 cm³/mol. The van der Waals surface area contributed by atoms with E-state index in [2.05, 4.69) is 31.2 Å². The second-order valence-corrected chi connectivity index (χ2v) is 3.94. The highest BCUT2D eigenvalue weighted by Gasteiger charge is 1.91. The van der Waals surface area contributed by atoms with Gasteiger partial charge < -0.3 is 4.74 Å². The van der Waals surface area contributed by atoms with Crippen molar-refractivity contribution >= 4 is 6.08 Å². The largest absolute Gasteiger partial charge is 0.490 e. The smallest absolute Gasteiger partial charge is 0.120 e. The molecule has 17 heavy (non-hydrogen) atoms. The molecule has 1 heteroatoms. The van der Waals surface area contributed by atoms with Crippen molar-refractivity contribution in [1.82, 2.24) is 0 Å². The third-order valence-corrected chi connectivity index (χ3v) is 2.45. The SMILES string of the molecule is Cc1cccc(OC/C=C/c2ccccc2)c1. The molecule has 0 unspecified atom stereocenters. The Morgan fingerprint density at radius 1 is 1.00 bits per heavy atom. The van der Waals surface area contributed by atoms with Gasteiger partial charge >= 0.3 is 0 Å². The molecule has 0 fully saturated rings. The third-order valence-electron chi connectivity index (χ3n) is 2.45. The van der Waals surface area contributed by atoms with Crippen LogP contribution in [0.2, 0.25) is 0 Å². The molecule has 0 aromatic heterocycles. The van der Waals surface area contributed by atoms with Gasteiger partial charge in [0.15, 0.2) is 0 Å². The minimum Gasteiger partial charge on any atom is -0.490 e. The topological polar surface area (TPSA) is 9.23 Å². The molecule has 0 bridgehead atoms. The van der Waals surface area contributed by atoms with Crippen LogP contribution in [0.15, 0.2) is 60.7 Å². The first-order valence-electron chi connectivity index (χ1n) is 5.76. The van der Waals surface area contributed by atoms with Crippen LogP contribution in [0.25, 0.3) is 6.08 Å². The maximum atomic E-state index is 5.62. The number of benzene rings is 2. The van der Waals surface area contributed by atoms with Gasteiger partial charge in [0, 0.05) is 0 Å². The molecule has 2 aromatic rings. The lowest BCUT2D eigenvalue weighted by molar-refractivity contribution is 0.363. The van der Waals surface area contributed by atoms with Gasteiger partial charge in [0.1, 0.15) is 12.4 Å². The summed E-state index contributed by atoms with van der Waals surface area (Å²) in [6.45, 7) is 2.66. The average Bonchev–Trinajstić information content (AvgIpc) is 2.36. The van der Waals surface area contributed by atoms with E-state index in [0.717, 1.165) is 5.75 Å². The van der Waals surface area contributed by atoms with Crippen molar-refractivity contribution in [3.8, 4) is 5.75 Å². The van der Waals surface area contributed by atoms with Gasteiger partial charge in [-0.1, -0.05) is 48.5 Å². The molecule has 0 heterocycles. The van der Waals surface area contributed by atoms with E-state index in [4.69, 9.17) is 4.74 Å². The van der Waals surface area contributed by atoms with Gasteiger partial charge in [-0.05, 0) is 36.3 Å². The zero-order chi connectivity index (χ0) is 11.9. The lowest BCUT2D eigenvalue weighted by Crippen LogP contribution is -1.93. The van der Waals surface area contributed by atoms with Crippen LogP contribution in [0.5, 0.6) is 5.75 Å². The molecule has 0 N–H and O–H groups in total. The van der Waals surface area contributed by atoms with Crippen LogP contribution in [0, 0.1) is 6.92 Å². The Morgan fingerprint density at radius 2 is 1.82 bits per heavy atom. The van der Waals surface area contributed by atoms with Crippen LogP contribution in [0.1, 0.15) is 11.1 Å². The van der Waals surface area contributed by atoms with Gasteiger partial charge in [0.25, 0.3) is 0 Å². The maximum Gasteiger partial charge on any atom is 0.120 e. The van der Waals surface area contributed by atoms with Crippen LogP contribution in [0.4, 0.5) is 0 Å². The number of hydrogen-bond acceptors (Lipinski definition) is 1. The molecule has 0 amide bonds. The molecule has 0 aliphatic rings. The van der Waals surface area contributed by atoms with Crippen LogP contribution >= 0.6 is 0 Å². The molecule has 0 saturated carbocycles. The summed E-state index contributed by atoms with van der Waals surface area (Å²) < 4.78 is 5.62. The predicted octanol–water partition coefficient (Wildman–Crippen LogP) is 4.09. The van der Waals surface area contributed by atoms with Gasteiger partial charge in [-0.3, -0.25) is 0 Å². The summed E-state index contributed by atoms with van der Waals surface area (Å²) in [5.74, 6) is 0.919. The zero-order valence-corrected chi connectivity index (χ0v) is 9.97. The monoisotopic (exact) mass is 224 g/mol. The molecular weight excluding hydrogens is 208 g/mol. The molecule has 0 radical (unpaired) electrons. The molecule has 0 aliphatic carbocycles. The highest BCUT2D eigenvalue weighted by molar-refractivity contribution is 5.48. The van der Waals surface area contributed by atoms with Crippen molar-refractivity contribution in [2.24, 2.45) is 0 Å². The minimum absolute atomic E-state index is 0.596. The summed E-state index contributed by atoms with van der Waals surface area (Å²) in [5.41, 5.74) is 2.41. The molecule has 0 atom stereocenters. The highest BCUT2D eigenvalue weighted by Crippen LogP contribution is 2.12. The first-order valence-corrected chi connectivity index (χ1v) is 5.76. The van der Waals surface area contributed by atoms with Gasteiger partial charge in [0.05, 0.1) is 0 Å². The van der Waals surface area contributed by atoms with Crippen LogP contribution < -0.4 is 4.74 Å². The fourth-order valence-electron chi connectivity index (χ4n) is 1.60. The lowest BCUT2D eigenvalue weighted by atomic mass is 10.2. The van der Waals surface area contributed by atoms with E-state index >= 15 is 0 Å². The Bertz CT molecular complexity index is 486. The average molecular weight is 224 g/mol. The Hall–Kier alpha value is -2.02. The normalized spacial score (nSPS) is 10.6. The summed E-state index contributed by atoms with van der Waals surface area (Å²) in [6, 6.07) is 18.3. The molecule has 0 saturated heterocycles. The minimum atomic E-state index is 0.596. The lowest BCUT2D eigenvalue weighted by Gasteiger charge is -2.03. The Balaban J connectivity index is 1.86. The number of rotatable bonds is 4. The first kappa shape index (κ1) is 11.5. The highest BCUT2D eigenvalue weighted by atomic mass is 16.5. The summed E-state index contributed by atoms with van der Waals surface area (Å²) >= 11 is 0.